The first kappa shape index (κ1) is 11.2. The van der Waals surface area contributed by atoms with E-state index in [1.807, 2.05) is 6.92 Å². The molecule has 0 aromatic carbocycles. The van der Waals surface area contributed by atoms with Crippen LogP contribution in [0.1, 0.15) is 33.1 Å². The number of hydrogen-bond donors (Lipinski definition) is 2. The lowest BCUT2D eigenvalue weighted by Gasteiger charge is -2.26. The largest absolute Gasteiger partial charge is 0.390 e. The van der Waals surface area contributed by atoms with Crippen LogP contribution in [0.25, 0.3) is 0 Å². The minimum Gasteiger partial charge on any atom is -0.390 e. The van der Waals surface area contributed by atoms with E-state index in [0.717, 1.165) is 12.8 Å². The molecule has 2 N–H and O–H groups in total. The molecule has 0 spiro atoms. The molecule has 0 aromatic rings. The van der Waals surface area contributed by atoms with Crippen molar-refractivity contribution in [1.29, 1.82) is 0 Å². The number of aliphatic hydroxyl groups is 2. The predicted molar refractivity (Wildman–Crippen MR) is 46.9 cm³/mol. The van der Waals surface area contributed by atoms with Gasteiger partial charge in [0.05, 0.1) is 12.0 Å². The van der Waals surface area contributed by atoms with Crippen LogP contribution < -0.4 is 0 Å². The standard InChI is InChI=1S/C8H17ClO2/c1-3-4-5-7(10)8(2,11)6-9/h7,10-11H,3-6H2,1-2H3. The molecule has 68 valence electrons. The molecule has 0 amide bonds. The van der Waals surface area contributed by atoms with E-state index in [4.69, 9.17) is 11.6 Å². The summed E-state index contributed by atoms with van der Waals surface area (Å²) in [5.74, 6) is 0.0812. The Balaban J connectivity index is 3.71. The van der Waals surface area contributed by atoms with Gasteiger partial charge in [-0.25, -0.2) is 0 Å². The van der Waals surface area contributed by atoms with Crippen LogP contribution in [-0.2, 0) is 0 Å². The second-order valence-electron chi connectivity index (χ2n) is 3.15. The molecule has 0 saturated carbocycles. The van der Waals surface area contributed by atoms with Gasteiger partial charge in [-0.1, -0.05) is 19.8 Å². The zero-order valence-electron chi connectivity index (χ0n) is 7.18. The Bertz CT molecular complexity index is 104. The number of unbranched alkanes of at least 4 members (excludes halogenated alkanes) is 1. The molecule has 0 fully saturated rings. The number of halogens is 1. The van der Waals surface area contributed by atoms with E-state index in [1.54, 1.807) is 6.92 Å². The highest BCUT2D eigenvalue weighted by atomic mass is 35.5. The van der Waals surface area contributed by atoms with Gasteiger partial charge in [0.15, 0.2) is 0 Å². The fourth-order valence-corrected chi connectivity index (χ4v) is 0.976. The third kappa shape index (κ3) is 3.94. The van der Waals surface area contributed by atoms with Crippen LogP contribution >= 0.6 is 11.6 Å². The van der Waals surface area contributed by atoms with Crippen molar-refractivity contribution in [3.05, 3.63) is 0 Å². The van der Waals surface area contributed by atoms with Crippen molar-refractivity contribution in [1.82, 2.24) is 0 Å². The predicted octanol–water partition coefficient (Wildman–Crippen LogP) is 1.53. The lowest BCUT2D eigenvalue weighted by molar-refractivity contribution is -0.0494. The summed E-state index contributed by atoms with van der Waals surface area (Å²) < 4.78 is 0. The van der Waals surface area contributed by atoms with Crippen LogP contribution in [0.5, 0.6) is 0 Å². The third-order valence-electron chi connectivity index (χ3n) is 1.82. The Morgan fingerprint density at radius 1 is 1.55 bits per heavy atom. The van der Waals surface area contributed by atoms with Gasteiger partial charge in [-0.3, -0.25) is 0 Å². The highest BCUT2D eigenvalue weighted by Gasteiger charge is 2.28. The molecule has 2 atom stereocenters. The van der Waals surface area contributed by atoms with Crippen LogP contribution in [0.3, 0.4) is 0 Å². The summed E-state index contributed by atoms with van der Waals surface area (Å²) in [6, 6.07) is 0. The zero-order chi connectivity index (χ0) is 8.91. The van der Waals surface area contributed by atoms with Crippen molar-refractivity contribution in [3.63, 3.8) is 0 Å². The topological polar surface area (TPSA) is 40.5 Å². The maximum Gasteiger partial charge on any atom is 0.101 e. The lowest BCUT2D eigenvalue weighted by atomic mass is 9.97. The zero-order valence-corrected chi connectivity index (χ0v) is 7.93. The third-order valence-corrected chi connectivity index (χ3v) is 2.36. The Kier molecular flexibility index (Phi) is 5.06. The van der Waals surface area contributed by atoms with Crippen molar-refractivity contribution in [3.8, 4) is 0 Å². The number of hydrogen-bond acceptors (Lipinski definition) is 2. The molecule has 0 heterocycles. The van der Waals surface area contributed by atoms with Crippen LogP contribution in [-0.4, -0.2) is 27.8 Å². The molecule has 2 nitrogen and oxygen atoms in total. The van der Waals surface area contributed by atoms with Crippen molar-refractivity contribution < 1.29 is 10.2 Å². The summed E-state index contributed by atoms with van der Waals surface area (Å²) in [6.45, 7) is 3.60. The molecule has 0 aliphatic heterocycles. The van der Waals surface area contributed by atoms with Crippen LogP contribution in [0.2, 0.25) is 0 Å². The molecule has 0 aromatic heterocycles. The molecule has 11 heavy (non-hydrogen) atoms. The van der Waals surface area contributed by atoms with Gasteiger partial charge in [0.1, 0.15) is 5.60 Å². The van der Waals surface area contributed by atoms with E-state index in [2.05, 4.69) is 0 Å². The van der Waals surface area contributed by atoms with Gasteiger partial charge in [-0.05, 0) is 13.3 Å². The average molecular weight is 181 g/mol. The minimum absolute atomic E-state index is 0.0812. The van der Waals surface area contributed by atoms with Gasteiger partial charge >= 0.3 is 0 Å². The summed E-state index contributed by atoms with van der Waals surface area (Å²) in [5.41, 5.74) is -1.13. The Morgan fingerprint density at radius 2 is 2.09 bits per heavy atom. The SMILES string of the molecule is CCCCC(O)C(C)(O)CCl. The van der Waals surface area contributed by atoms with E-state index in [0.29, 0.717) is 6.42 Å². The van der Waals surface area contributed by atoms with Gasteiger partial charge in [-0.15, -0.1) is 11.6 Å². The second kappa shape index (κ2) is 4.96. The fourth-order valence-electron chi connectivity index (χ4n) is 0.797. The van der Waals surface area contributed by atoms with Gasteiger partial charge in [-0.2, -0.15) is 0 Å². The molecule has 3 heteroatoms. The van der Waals surface area contributed by atoms with Crippen molar-refractivity contribution in [2.24, 2.45) is 0 Å². The Morgan fingerprint density at radius 3 is 2.45 bits per heavy atom. The quantitative estimate of drug-likeness (QED) is 0.630. The summed E-state index contributed by atoms with van der Waals surface area (Å²) in [6.07, 6.45) is 1.87. The first-order valence-electron chi connectivity index (χ1n) is 4.01. The molecular weight excluding hydrogens is 164 g/mol. The van der Waals surface area contributed by atoms with Crippen molar-refractivity contribution in [2.75, 3.05) is 5.88 Å². The molecular formula is C8H17ClO2. The van der Waals surface area contributed by atoms with E-state index in [9.17, 15) is 10.2 Å². The van der Waals surface area contributed by atoms with Crippen LogP contribution in [0.4, 0.5) is 0 Å². The highest BCUT2D eigenvalue weighted by Crippen LogP contribution is 2.16. The number of rotatable bonds is 5. The summed E-state index contributed by atoms with van der Waals surface area (Å²) >= 11 is 5.46. The van der Waals surface area contributed by atoms with Gasteiger partial charge in [0.25, 0.3) is 0 Å². The lowest BCUT2D eigenvalue weighted by Crippen LogP contribution is -2.40. The highest BCUT2D eigenvalue weighted by molar-refractivity contribution is 6.18. The fraction of sp³-hybridized carbons (Fsp3) is 1.00. The Hall–Kier alpha value is 0.210. The summed E-state index contributed by atoms with van der Waals surface area (Å²) in [5, 5.41) is 18.8. The molecule has 0 rings (SSSR count). The smallest absolute Gasteiger partial charge is 0.101 e. The molecule has 0 aliphatic rings. The molecule has 0 aliphatic carbocycles. The molecule has 0 radical (unpaired) electrons. The van der Waals surface area contributed by atoms with E-state index in [1.165, 1.54) is 0 Å². The van der Waals surface area contributed by atoms with Gasteiger partial charge in [0.2, 0.25) is 0 Å². The van der Waals surface area contributed by atoms with Gasteiger partial charge < -0.3 is 10.2 Å². The molecule has 2 unspecified atom stereocenters. The molecule has 0 saturated heterocycles. The van der Waals surface area contributed by atoms with Crippen LogP contribution in [0.15, 0.2) is 0 Å². The van der Waals surface area contributed by atoms with E-state index < -0.39 is 11.7 Å². The maximum atomic E-state index is 9.44. The first-order chi connectivity index (χ1) is 5.04. The van der Waals surface area contributed by atoms with Gasteiger partial charge in [0, 0.05) is 0 Å². The summed E-state index contributed by atoms with van der Waals surface area (Å²) in [7, 11) is 0. The maximum absolute atomic E-state index is 9.44. The average Bonchev–Trinajstić information content (AvgIpc) is 2.00. The van der Waals surface area contributed by atoms with E-state index in [-0.39, 0.29) is 5.88 Å². The Labute approximate surface area is 73.2 Å². The van der Waals surface area contributed by atoms with Crippen molar-refractivity contribution >= 4 is 11.6 Å². The second-order valence-corrected chi connectivity index (χ2v) is 3.42. The molecule has 0 bridgehead atoms. The first-order valence-corrected chi connectivity index (χ1v) is 4.54. The van der Waals surface area contributed by atoms with Crippen molar-refractivity contribution in [2.45, 2.75) is 44.8 Å². The minimum atomic E-state index is -1.13. The van der Waals surface area contributed by atoms with E-state index >= 15 is 0 Å². The monoisotopic (exact) mass is 180 g/mol. The number of aliphatic hydroxyl groups excluding tert-OH is 1. The number of alkyl halides is 1. The van der Waals surface area contributed by atoms with Crippen LogP contribution in [0, 0.1) is 0 Å². The normalized spacial score (nSPS) is 19.4. The summed E-state index contributed by atoms with van der Waals surface area (Å²) in [4.78, 5) is 0.